The molecule has 1 aromatic carbocycles. The lowest BCUT2D eigenvalue weighted by Gasteiger charge is -2.19. The number of hydrogen-bond donors (Lipinski definition) is 0. The van der Waals surface area contributed by atoms with Crippen LogP contribution in [0.5, 0.6) is 0 Å². The first-order chi connectivity index (χ1) is 11.6. The van der Waals surface area contributed by atoms with Gasteiger partial charge in [0, 0.05) is 30.2 Å². The molecule has 5 nitrogen and oxygen atoms in total. The second kappa shape index (κ2) is 7.72. The van der Waals surface area contributed by atoms with Crippen LogP contribution in [0.1, 0.15) is 33.9 Å². The summed E-state index contributed by atoms with van der Waals surface area (Å²) in [4.78, 5) is 32.1. The van der Waals surface area contributed by atoms with Crippen molar-refractivity contribution in [1.82, 2.24) is 9.47 Å². The fourth-order valence-electron chi connectivity index (χ4n) is 2.37. The summed E-state index contributed by atoms with van der Waals surface area (Å²) in [6, 6.07) is 4.16. The zero-order chi connectivity index (χ0) is 18.9. The highest BCUT2D eigenvalue weighted by Gasteiger charge is 2.21. The first-order valence-electron chi connectivity index (χ1n) is 7.57. The molecule has 8 heteroatoms. The van der Waals surface area contributed by atoms with Gasteiger partial charge in [0.25, 0.3) is 5.91 Å². The van der Waals surface area contributed by atoms with Crippen LogP contribution in [0.2, 0.25) is 10.0 Å². The summed E-state index contributed by atoms with van der Waals surface area (Å²) in [7, 11) is 3.40. The molecule has 2 rings (SSSR count). The molecule has 0 radical (unpaired) electrons. The summed E-state index contributed by atoms with van der Waals surface area (Å²) in [5.74, 6) is -0.498. The zero-order valence-corrected chi connectivity index (χ0v) is 17.0. The van der Waals surface area contributed by atoms with E-state index in [4.69, 9.17) is 23.2 Å². The second-order valence-electron chi connectivity index (χ2n) is 5.85. The number of halogens is 2. The van der Waals surface area contributed by atoms with Crippen LogP contribution in [0, 0.1) is 13.8 Å². The SMILES string of the molecule is Cc1sc(=NC(=O)c2ccc(Cl)c(Cl)c2)n([C@H](C)C(=O)N(C)C)c1C. The first kappa shape index (κ1) is 19.7. The third-order valence-electron chi connectivity index (χ3n) is 3.87. The number of benzene rings is 1. The van der Waals surface area contributed by atoms with Gasteiger partial charge in [-0.25, -0.2) is 0 Å². The molecule has 0 saturated heterocycles. The molecule has 1 heterocycles. The van der Waals surface area contributed by atoms with Crippen LogP contribution in [0.15, 0.2) is 23.2 Å². The van der Waals surface area contributed by atoms with Gasteiger partial charge in [-0.2, -0.15) is 4.99 Å². The second-order valence-corrected chi connectivity index (χ2v) is 7.85. The Morgan fingerprint density at radius 3 is 2.40 bits per heavy atom. The largest absolute Gasteiger partial charge is 0.347 e. The Kier molecular flexibility index (Phi) is 6.08. The molecule has 0 bridgehead atoms. The summed E-state index contributed by atoms with van der Waals surface area (Å²) in [6.07, 6.45) is 0. The van der Waals surface area contributed by atoms with E-state index >= 15 is 0 Å². The lowest BCUT2D eigenvalue weighted by Crippen LogP contribution is -2.34. The minimum Gasteiger partial charge on any atom is -0.347 e. The molecule has 2 amide bonds. The number of thiazole rings is 1. The molecule has 134 valence electrons. The predicted octanol–water partition coefficient (Wildman–Crippen LogP) is 3.86. The maximum Gasteiger partial charge on any atom is 0.279 e. The zero-order valence-electron chi connectivity index (χ0n) is 14.6. The van der Waals surface area contributed by atoms with Crippen molar-refractivity contribution < 1.29 is 9.59 Å². The minimum absolute atomic E-state index is 0.0654. The molecule has 2 aromatic rings. The first-order valence-corrected chi connectivity index (χ1v) is 9.14. The topological polar surface area (TPSA) is 54.7 Å². The van der Waals surface area contributed by atoms with E-state index < -0.39 is 11.9 Å². The van der Waals surface area contributed by atoms with Crippen molar-refractivity contribution in [3.05, 3.63) is 49.2 Å². The number of nitrogens with zero attached hydrogens (tertiary/aromatic N) is 3. The van der Waals surface area contributed by atoms with E-state index in [1.165, 1.54) is 22.3 Å². The number of likely N-dealkylation sites (N-methyl/N-ethyl adjacent to an activating group) is 1. The quantitative estimate of drug-likeness (QED) is 0.786. The van der Waals surface area contributed by atoms with Crippen LogP contribution < -0.4 is 4.80 Å². The number of carbonyl (C=O) groups is 2. The standard InChI is InChI=1S/C17H19Cl2N3O2S/c1-9-11(3)25-17(22(9)10(2)16(24)21(4)5)20-15(23)12-6-7-13(18)14(19)8-12/h6-8,10H,1-5H3/t10-/m1/s1. The molecule has 0 aliphatic rings. The Balaban J connectivity index is 2.53. The van der Waals surface area contributed by atoms with Gasteiger partial charge in [0.15, 0.2) is 4.80 Å². The molecule has 0 N–H and O–H groups in total. The monoisotopic (exact) mass is 399 g/mol. The van der Waals surface area contributed by atoms with Crippen molar-refractivity contribution in [2.75, 3.05) is 14.1 Å². The van der Waals surface area contributed by atoms with E-state index in [2.05, 4.69) is 4.99 Å². The Bertz CT molecular complexity index is 900. The molecule has 0 spiro atoms. The van der Waals surface area contributed by atoms with Gasteiger partial charge >= 0.3 is 0 Å². The molecule has 0 fully saturated rings. The summed E-state index contributed by atoms with van der Waals surface area (Å²) >= 11 is 13.2. The number of aryl methyl sites for hydroxylation is 1. The van der Waals surface area contributed by atoms with Gasteiger partial charge in [-0.15, -0.1) is 11.3 Å². The maximum absolute atomic E-state index is 12.5. The van der Waals surface area contributed by atoms with Crippen LogP contribution in [-0.4, -0.2) is 35.4 Å². The average Bonchev–Trinajstić information content (AvgIpc) is 2.82. The van der Waals surface area contributed by atoms with Crippen molar-refractivity contribution >= 4 is 46.4 Å². The van der Waals surface area contributed by atoms with Crippen molar-refractivity contribution in [2.24, 2.45) is 4.99 Å². The maximum atomic E-state index is 12.5. The molecular formula is C17H19Cl2N3O2S. The van der Waals surface area contributed by atoms with Crippen molar-refractivity contribution in [3.63, 3.8) is 0 Å². The number of hydrogen-bond acceptors (Lipinski definition) is 3. The van der Waals surface area contributed by atoms with E-state index in [-0.39, 0.29) is 5.91 Å². The molecule has 1 aromatic heterocycles. The average molecular weight is 400 g/mol. The summed E-state index contributed by atoms with van der Waals surface area (Å²) in [5, 5.41) is 0.673. The summed E-state index contributed by atoms with van der Waals surface area (Å²) < 4.78 is 1.79. The van der Waals surface area contributed by atoms with Crippen LogP contribution in [0.4, 0.5) is 0 Å². The Hall–Kier alpha value is -1.63. The van der Waals surface area contributed by atoms with Gasteiger partial charge in [0.2, 0.25) is 5.91 Å². The molecule has 25 heavy (non-hydrogen) atoms. The lowest BCUT2D eigenvalue weighted by atomic mass is 10.2. The molecule has 1 atom stereocenters. The van der Waals surface area contributed by atoms with Crippen LogP contribution >= 0.6 is 34.5 Å². The van der Waals surface area contributed by atoms with Crippen LogP contribution in [-0.2, 0) is 4.79 Å². The van der Waals surface area contributed by atoms with Gasteiger partial charge in [-0.3, -0.25) is 9.59 Å². The van der Waals surface area contributed by atoms with Gasteiger partial charge in [-0.1, -0.05) is 23.2 Å². The fourth-order valence-corrected chi connectivity index (χ4v) is 3.71. The Morgan fingerprint density at radius 2 is 1.84 bits per heavy atom. The normalized spacial score (nSPS) is 13.0. The van der Waals surface area contributed by atoms with Crippen molar-refractivity contribution in [2.45, 2.75) is 26.8 Å². The van der Waals surface area contributed by atoms with Gasteiger partial charge < -0.3 is 9.47 Å². The minimum atomic E-state index is -0.458. The third-order valence-corrected chi connectivity index (χ3v) is 5.68. The number of amides is 2. The predicted molar refractivity (Wildman–Crippen MR) is 102 cm³/mol. The highest BCUT2D eigenvalue weighted by atomic mass is 35.5. The highest BCUT2D eigenvalue weighted by Crippen LogP contribution is 2.23. The number of rotatable bonds is 3. The van der Waals surface area contributed by atoms with Crippen LogP contribution in [0.25, 0.3) is 0 Å². The number of aromatic nitrogens is 1. The van der Waals surface area contributed by atoms with Gasteiger partial charge in [0.05, 0.1) is 10.0 Å². The van der Waals surface area contributed by atoms with E-state index in [1.54, 1.807) is 37.7 Å². The van der Waals surface area contributed by atoms with Crippen molar-refractivity contribution in [3.8, 4) is 0 Å². The molecular weight excluding hydrogens is 381 g/mol. The molecule has 0 aliphatic heterocycles. The van der Waals surface area contributed by atoms with E-state index in [9.17, 15) is 9.59 Å². The molecule has 0 saturated carbocycles. The Labute approximate surface area is 160 Å². The van der Waals surface area contributed by atoms with Crippen molar-refractivity contribution in [1.29, 1.82) is 0 Å². The van der Waals surface area contributed by atoms with Gasteiger partial charge in [-0.05, 0) is 39.0 Å². The molecule has 0 unspecified atom stereocenters. The summed E-state index contributed by atoms with van der Waals surface area (Å²) in [6.45, 7) is 5.64. The smallest absolute Gasteiger partial charge is 0.279 e. The number of carbonyl (C=O) groups excluding carboxylic acids is 2. The highest BCUT2D eigenvalue weighted by molar-refractivity contribution is 7.09. The fraction of sp³-hybridized carbons (Fsp3) is 0.353. The molecule has 0 aliphatic carbocycles. The van der Waals surface area contributed by atoms with E-state index in [0.29, 0.717) is 20.4 Å². The Morgan fingerprint density at radius 1 is 1.20 bits per heavy atom. The van der Waals surface area contributed by atoms with E-state index in [1.807, 2.05) is 13.8 Å². The van der Waals surface area contributed by atoms with E-state index in [0.717, 1.165) is 10.6 Å². The van der Waals surface area contributed by atoms with Gasteiger partial charge in [0.1, 0.15) is 6.04 Å². The van der Waals surface area contributed by atoms with Crippen LogP contribution in [0.3, 0.4) is 0 Å². The lowest BCUT2D eigenvalue weighted by molar-refractivity contribution is -0.131. The summed E-state index contributed by atoms with van der Waals surface area (Å²) in [5.41, 5.74) is 1.25. The third kappa shape index (κ3) is 4.14.